The molecule has 3 aliphatic rings. The first kappa shape index (κ1) is 18.5. The summed E-state index contributed by atoms with van der Waals surface area (Å²) in [6.07, 6.45) is 1.29. The topological polar surface area (TPSA) is 76.0 Å². The number of esters is 1. The molecule has 0 aliphatic heterocycles. The first-order chi connectivity index (χ1) is 12.7. The van der Waals surface area contributed by atoms with Crippen LogP contribution in [-0.2, 0) is 21.6 Å². The number of hydrogen-bond acceptors (Lipinski definition) is 5. The average Bonchev–Trinajstić information content (AvgIpc) is 2.84. The van der Waals surface area contributed by atoms with Gasteiger partial charge in [-0.15, -0.1) is 0 Å². The zero-order valence-electron chi connectivity index (χ0n) is 16.2. The van der Waals surface area contributed by atoms with Crippen LogP contribution >= 0.6 is 0 Å². The molecule has 0 spiro atoms. The molecule has 0 unspecified atom stereocenters. The minimum Gasteiger partial charge on any atom is -0.497 e. The number of hydrogen-bond donors (Lipinski definition) is 2. The van der Waals surface area contributed by atoms with Crippen LogP contribution in [0.25, 0.3) is 0 Å². The summed E-state index contributed by atoms with van der Waals surface area (Å²) in [5.41, 5.74) is 1.09. The second kappa shape index (κ2) is 6.08. The Morgan fingerprint density at radius 1 is 1.37 bits per heavy atom. The molecule has 5 nitrogen and oxygen atoms in total. The Hall–Kier alpha value is -1.85. The van der Waals surface area contributed by atoms with E-state index in [-0.39, 0.29) is 23.9 Å². The van der Waals surface area contributed by atoms with Crippen molar-refractivity contribution < 1.29 is 24.5 Å². The van der Waals surface area contributed by atoms with Crippen molar-refractivity contribution in [2.24, 2.45) is 17.3 Å². The zero-order valence-corrected chi connectivity index (χ0v) is 16.2. The van der Waals surface area contributed by atoms with Crippen LogP contribution in [0.4, 0.5) is 0 Å². The van der Waals surface area contributed by atoms with Gasteiger partial charge in [-0.3, -0.25) is 4.79 Å². The molecule has 5 heteroatoms. The molecule has 0 radical (unpaired) electrons. The SMILES string of the molecule is C=C1C[C@@H](OC(C)=O)[C@@]2(C)C[C@@H](O)[C@]3(O)c4ccc(OC)cc4CC[C@@H]3[C@H]12. The summed E-state index contributed by atoms with van der Waals surface area (Å²) in [5.74, 6) is 0.294. The van der Waals surface area contributed by atoms with Crippen molar-refractivity contribution >= 4 is 5.97 Å². The summed E-state index contributed by atoms with van der Waals surface area (Å²) < 4.78 is 10.9. The fourth-order valence-electron chi connectivity index (χ4n) is 6.09. The lowest BCUT2D eigenvalue weighted by atomic mass is 9.51. The van der Waals surface area contributed by atoms with Crippen LogP contribution in [0.5, 0.6) is 5.75 Å². The molecule has 0 heterocycles. The van der Waals surface area contributed by atoms with Crippen molar-refractivity contribution in [1.82, 2.24) is 0 Å². The third-order valence-electron chi connectivity index (χ3n) is 7.22. The van der Waals surface area contributed by atoms with E-state index < -0.39 is 17.1 Å². The largest absolute Gasteiger partial charge is 0.497 e. The van der Waals surface area contributed by atoms with Gasteiger partial charge in [-0.25, -0.2) is 0 Å². The Labute approximate surface area is 160 Å². The Morgan fingerprint density at radius 3 is 2.78 bits per heavy atom. The summed E-state index contributed by atoms with van der Waals surface area (Å²) in [6, 6.07) is 5.67. The maximum Gasteiger partial charge on any atom is 0.302 e. The molecule has 0 amide bonds. The molecule has 2 fully saturated rings. The maximum absolute atomic E-state index is 11.8. The number of aliphatic hydroxyl groups is 2. The highest BCUT2D eigenvalue weighted by atomic mass is 16.5. The third kappa shape index (κ3) is 2.48. The van der Waals surface area contributed by atoms with Crippen molar-refractivity contribution in [2.45, 2.75) is 57.3 Å². The highest BCUT2D eigenvalue weighted by molar-refractivity contribution is 5.66. The fraction of sp³-hybridized carbons (Fsp3) is 0.591. The van der Waals surface area contributed by atoms with E-state index in [4.69, 9.17) is 9.47 Å². The summed E-state index contributed by atoms with van der Waals surface area (Å²) in [4.78, 5) is 11.6. The lowest BCUT2D eigenvalue weighted by Gasteiger charge is -2.56. The van der Waals surface area contributed by atoms with Gasteiger partial charge in [0, 0.05) is 24.7 Å². The van der Waals surface area contributed by atoms with E-state index in [1.54, 1.807) is 7.11 Å². The summed E-state index contributed by atoms with van der Waals surface area (Å²) >= 11 is 0. The number of aryl methyl sites for hydroxylation is 1. The van der Waals surface area contributed by atoms with E-state index in [2.05, 4.69) is 13.5 Å². The smallest absolute Gasteiger partial charge is 0.302 e. The second-order valence-corrected chi connectivity index (χ2v) is 8.66. The van der Waals surface area contributed by atoms with Gasteiger partial charge in [0.1, 0.15) is 17.5 Å². The van der Waals surface area contributed by atoms with Crippen molar-refractivity contribution in [3.8, 4) is 5.75 Å². The first-order valence-corrected chi connectivity index (χ1v) is 9.64. The highest BCUT2D eigenvalue weighted by Gasteiger charge is 2.65. The van der Waals surface area contributed by atoms with Gasteiger partial charge in [0.2, 0.25) is 0 Å². The number of benzene rings is 1. The van der Waals surface area contributed by atoms with E-state index >= 15 is 0 Å². The predicted molar refractivity (Wildman–Crippen MR) is 100 cm³/mol. The maximum atomic E-state index is 11.8. The van der Waals surface area contributed by atoms with Crippen molar-refractivity contribution in [1.29, 1.82) is 0 Å². The molecule has 1 aromatic carbocycles. The molecule has 0 bridgehead atoms. The van der Waals surface area contributed by atoms with E-state index in [0.29, 0.717) is 12.8 Å². The van der Waals surface area contributed by atoms with Crippen LogP contribution in [0, 0.1) is 17.3 Å². The zero-order chi connectivity index (χ0) is 19.6. The van der Waals surface area contributed by atoms with Gasteiger partial charge in [0.25, 0.3) is 0 Å². The number of rotatable bonds is 2. The van der Waals surface area contributed by atoms with Crippen LogP contribution in [0.1, 0.15) is 44.2 Å². The Bertz CT molecular complexity index is 802. The molecule has 4 rings (SSSR count). The standard InChI is InChI=1S/C22H28O5/c1-12-9-19(27-13(2)23)21(3)11-18(24)22(25)16-8-6-15(26-4)10-14(16)5-7-17(22)20(12)21/h6,8,10,17-20,24-25H,1,5,7,9,11H2,2-4H3/t17-,18-,19-,20+,21-,22+/m1/s1. The number of carbonyl (C=O) groups excluding carboxylic acids is 1. The number of carbonyl (C=O) groups is 1. The summed E-state index contributed by atoms with van der Waals surface area (Å²) in [7, 11) is 1.63. The lowest BCUT2D eigenvalue weighted by molar-refractivity contribution is -0.208. The summed E-state index contributed by atoms with van der Waals surface area (Å²) in [5, 5.41) is 22.9. The molecule has 6 atom stereocenters. The highest BCUT2D eigenvalue weighted by Crippen LogP contribution is 2.64. The first-order valence-electron chi connectivity index (χ1n) is 9.64. The van der Waals surface area contributed by atoms with Crippen molar-refractivity contribution in [3.05, 3.63) is 41.5 Å². The Morgan fingerprint density at radius 2 is 2.11 bits per heavy atom. The van der Waals surface area contributed by atoms with Gasteiger partial charge in [0.15, 0.2) is 0 Å². The molecule has 146 valence electrons. The normalized spacial score (nSPS) is 40.0. The Balaban J connectivity index is 1.78. The van der Waals surface area contributed by atoms with Crippen LogP contribution in [0.2, 0.25) is 0 Å². The Kier molecular flexibility index (Phi) is 4.17. The molecule has 0 saturated heterocycles. The average molecular weight is 372 g/mol. The second-order valence-electron chi connectivity index (χ2n) is 8.66. The quantitative estimate of drug-likeness (QED) is 0.617. The van der Waals surface area contributed by atoms with Gasteiger partial charge in [-0.05, 0) is 48.4 Å². The van der Waals surface area contributed by atoms with E-state index in [1.807, 2.05) is 18.2 Å². The molecule has 3 aliphatic carbocycles. The number of methoxy groups -OCH3 is 1. The van der Waals surface area contributed by atoms with Crippen LogP contribution in [-0.4, -0.2) is 35.5 Å². The van der Waals surface area contributed by atoms with E-state index in [0.717, 1.165) is 35.3 Å². The van der Waals surface area contributed by atoms with Gasteiger partial charge in [-0.1, -0.05) is 25.1 Å². The van der Waals surface area contributed by atoms with Gasteiger partial charge in [-0.2, -0.15) is 0 Å². The molecule has 2 saturated carbocycles. The molecule has 1 aromatic rings. The minimum absolute atomic E-state index is 0.00509. The number of ether oxygens (including phenoxy) is 2. The van der Waals surface area contributed by atoms with Gasteiger partial charge < -0.3 is 19.7 Å². The predicted octanol–water partition coefficient (Wildman–Crippen LogP) is 2.72. The van der Waals surface area contributed by atoms with Gasteiger partial charge >= 0.3 is 5.97 Å². The van der Waals surface area contributed by atoms with E-state index in [9.17, 15) is 15.0 Å². The molecule has 0 aromatic heterocycles. The van der Waals surface area contributed by atoms with E-state index in [1.165, 1.54) is 6.92 Å². The van der Waals surface area contributed by atoms with Crippen molar-refractivity contribution in [2.75, 3.05) is 7.11 Å². The fourth-order valence-corrected chi connectivity index (χ4v) is 6.09. The molecular weight excluding hydrogens is 344 g/mol. The summed E-state index contributed by atoms with van der Waals surface area (Å²) in [6.45, 7) is 7.75. The van der Waals surface area contributed by atoms with Crippen LogP contribution < -0.4 is 4.74 Å². The monoisotopic (exact) mass is 372 g/mol. The van der Waals surface area contributed by atoms with Crippen molar-refractivity contribution in [3.63, 3.8) is 0 Å². The molecular formula is C22H28O5. The molecule has 27 heavy (non-hydrogen) atoms. The number of aliphatic hydroxyl groups excluding tert-OH is 1. The van der Waals surface area contributed by atoms with Crippen LogP contribution in [0.15, 0.2) is 30.4 Å². The van der Waals surface area contributed by atoms with Crippen LogP contribution in [0.3, 0.4) is 0 Å². The van der Waals surface area contributed by atoms with Gasteiger partial charge in [0.05, 0.1) is 13.2 Å². The number of fused-ring (bicyclic) bond motifs is 5. The molecule has 2 N–H and O–H groups in total. The lowest BCUT2D eigenvalue weighted by Crippen LogP contribution is -2.60. The minimum atomic E-state index is -1.32. The third-order valence-corrected chi connectivity index (χ3v) is 7.22.